The van der Waals surface area contributed by atoms with Crippen LogP contribution in [-0.2, 0) is 15.8 Å². The number of nitrogens with one attached hydrogen (secondary N) is 3. The van der Waals surface area contributed by atoms with Gasteiger partial charge >= 0.3 is 6.18 Å². The van der Waals surface area contributed by atoms with E-state index in [0.717, 1.165) is 11.8 Å². The quantitative estimate of drug-likeness (QED) is 0.0701. The minimum atomic E-state index is -5.74. The fraction of sp³-hybridized carbons (Fsp3) is 0.0645. The Morgan fingerprint density at radius 2 is 1.36 bits per heavy atom. The Kier molecular flexibility index (Phi) is 11.2. The second kappa shape index (κ2) is 14.9. The number of amides is 3. The van der Waals surface area contributed by atoms with E-state index in [0.29, 0.717) is 4.90 Å². The van der Waals surface area contributed by atoms with Crippen molar-refractivity contribution in [3.8, 4) is 0 Å². The van der Waals surface area contributed by atoms with E-state index < -0.39 is 64.2 Å². The van der Waals surface area contributed by atoms with Gasteiger partial charge < -0.3 is 16.0 Å². The van der Waals surface area contributed by atoms with Crippen LogP contribution in [0.25, 0.3) is 6.08 Å². The normalized spacial score (nSPS) is 11.6. The van der Waals surface area contributed by atoms with Crippen molar-refractivity contribution < 1.29 is 45.1 Å². The zero-order valence-corrected chi connectivity index (χ0v) is 25.6. The maximum Gasteiger partial charge on any atom is 0.422 e. The number of benzene rings is 4. The van der Waals surface area contributed by atoms with Gasteiger partial charge in [-0.2, -0.15) is 13.2 Å². The van der Waals surface area contributed by atoms with E-state index in [1.54, 1.807) is 24.3 Å². The van der Waals surface area contributed by atoms with Crippen molar-refractivity contribution in [3.05, 3.63) is 128 Å². The van der Waals surface area contributed by atoms with Crippen LogP contribution in [0.2, 0.25) is 10.0 Å². The molecule has 47 heavy (non-hydrogen) atoms. The SMILES string of the molecule is O=C(CSc1cccc(NC(=O)/C(=C\c2c(Cl)cccc2Cl)NC(=O)c2ccccc2)c1)Nc1c(F)c(F)c(C(F)(F)F)c(F)c1F. The number of hydrogen-bond acceptors (Lipinski definition) is 4. The summed E-state index contributed by atoms with van der Waals surface area (Å²) in [5.74, 6) is -13.5. The first-order chi connectivity index (χ1) is 22.2. The second-order valence-electron chi connectivity index (χ2n) is 9.34. The van der Waals surface area contributed by atoms with Gasteiger partial charge in [-0.3, -0.25) is 14.4 Å². The van der Waals surface area contributed by atoms with E-state index >= 15 is 0 Å². The van der Waals surface area contributed by atoms with Gasteiger partial charge in [0.2, 0.25) is 5.91 Å². The Hall–Kier alpha value is -4.53. The Labute approximate surface area is 275 Å². The fourth-order valence-corrected chi connectivity index (χ4v) is 5.17. The fourth-order valence-electron chi connectivity index (χ4n) is 3.91. The van der Waals surface area contributed by atoms with Crippen molar-refractivity contribution in [2.24, 2.45) is 0 Å². The van der Waals surface area contributed by atoms with E-state index in [1.807, 2.05) is 0 Å². The molecule has 4 aromatic rings. The predicted molar refractivity (Wildman–Crippen MR) is 164 cm³/mol. The highest BCUT2D eigenvalue weighted by atomic mass is 35.5. The summed E-state index contributed by atoms with van der Waals surface area (Å²) in [4.78, 5) is 38.8. The molecule has 4 rings (SSSR count). The van der Waals surface area contributed by atoms with Crippen LogP contribution in [0.5, 0.6) is 0 Å². The van der Waals surface area contributed by atoms with Gasteiger partial charge in [-0.05, 0) is 48.5 Å². The Morgan fingerprint density at radius 1 is 0.766 bits per heavy atom. The van der Waals surface area contributed by atoms with E-state index in [9.17, 15) is 45.1 Å². The van der Waals surface area contributed by atoms with Gasteiger partial charge in [0.25, 0.3) is 11.8 Å². The van der Waals surface area contributed by atoms with Crippen LogP contribution in [0.15, 0.2) is 83.4 Å². The molecule has 6 nitrogen and oxygen atoms in total. The summed E-state index contributed by atoms with van der Waals surface area (Å²) in [6.45, 7) is 0. The van der Waals surface area contributed by atoms with Crippen LogP contribution in [0.3, 0.4) is 0 Å². The Balaban J connectivity index is 1.50. The number of halogens is 9. The van der Waals surface area contributed by atoms with Crippen molar-refractivity contribution >= 4 is 70.1 Å². The van der Waals surface area contributed by atoms with Gasteiger partial charge in [-0.15, -0.1) is 11.8 Å². The third-order valence-electron chi connectivity index (χ3n) is 6.09. The Bertz CT molecular complexity index is 1840. The number of hydrogen-bond donors (Lipinski definition) is 3. The summed E-state index contributed by atoms with van der Waals surface area (Å²) in [5, 5.41) is 7.01. The molecule has 0 bridgehead atoms. The van der Waals surface area contributed by atoms with Crippen LogP contribution in [0, 0.1) is 23.3 Å². The third-order valence-corrected chi connectivity index (χ3v) is 7.74. The lowest BCUT2D eigenvalue weighted by Crippen LogP contribution is -2.30. The van der Waals surface area contributed by atoms with Crippen LogP contribution in [0.4, 0.5) is 42.1 Å². The number of alkyl halides is 3. The molecule has 0 atom stereocenters. The van der Waals surface area contributed by atoms with Crippen molar-refractivity contribution in [1.82, 2.24) is 5.32 Å². The van der Waals surface area contributed by atoms with E-state index in [-0.39, 0.29) is 32.6 Å². The summed E-state index contributed by atoms with van der Waals surface area (Å²) < 4.78 is 94.6. The molecule has 3 amide bonds. The van der Waals surface area contributed by atoms with Gasteiger partial charge in [0.15, 0.2) is 23.3 Å². The van der Waals surface area contributed by atoms with Crippen LogP contribution < -0.4 is 16.0 Å². The molecular formula is C31H18Cl2F7N3O3S. The molecule has 3 N–H and O–H groups in total. The Morgan fingerprint density at radius 3 is 1.96 bits per heavy atom. The minimum absolute atomic E-state index is 0.162. The number of anilines is 2. The molecule has 0 aromatic heterocycles. The van der Waals surface area contributed by atoms with E-state index in [1.165, 1.54) is 59.9 Å². The van der Waals surface area contributed by atoms with Gasteiger partial charge in [-0.1, -0.05) is 53.5 Å². The first-order valence-corrected chi connectivity index (χ1v) is 14.7. The molecule has 0 saturated heterocycles. The molecule has 0 unspecified atom stereocenters. The monoisotopic (exact) mass is 715 g/mol. The molecule has 0 heterocycles. The van der Waals surface area contributed by atoms with Crippen molar-refractivity contribution in [2.75, 3.05) is 16.4 Å². The number of rotatable bonds is 9. The summed E-state index contributed by atoms with van der Waals surface area (Å²) in [6.07, 6.45) is -4.46. The highest BCUT2D eigenvalue weighted by molar-refractivity contribution is 8.00. The van der Waals surface area contributed by atoms with Crippen molar-refractivity contribution in [1.29, 1.82) is 0 Å². The smallest absolute Gasteiger partial charge is 0.321 e. The average Bonchev–Trinajstić information content (AvgIpc) is 3.02. The van der Waals surface area contributed by atoms with E-state index in [4.69, 9.17) is 23.2 Å². The molecule has 0 aliphatic rings. The predicted octanol–water partition coefficient (Wildman–Crippen LogP) is 8.71. The lowest BCUT2D eigenvalue weighted by atomic mass is 10.1. The maximum atomic E-state index is 14.2. The molecule has 16 heteroatoms. The second-order valence-corrected chi connectivity index (χ2v) is 11.2. The largest absolute Gasteiger partial charge is 0.422 e. The highest BCUT2D eigenvalue weighted by Crippen LogP contribution is 2.38. The summed E-state index contributed by atoms with van der Waals surface area (Å²) >= 11 is 13.2. The van der Waals surface area contributed by atoms with Crippen LogP contribution in [-0.4, -0.2) is 23.5 Å². The first kappa shape index (κ1) is 35.3. The molecule has 244 valence electrons. The molecule has 0 aliphatic heterocycles. The molecule has 4 aromatic carbocycles. The third kappa shape index (κ3) is 8.64. The lowest BCUT2D eigenvalue weighted by Gasteiger charge is -2.14. The maximum absolute atomic E-state index is 14.2. The van der Waals surface area contributed by atoms with Gasteiger partial charge in [0, 0.05) is 31.8 Å². The molecule has 0 radical (unpaired) electrons. The minimum Gasteiger partial charge on any atom is -0.321 e. The molecule has 0 saturated carbocycles. The van der Waals surface area contributed by atoms with Crippen molar-refractivity contribution in [2.45, 2.75) is 11.1 Å². The highest BCUT2D eigenvalue weighted by Gasteiger charge is 2.42. The standard InChI is InChI=1S/C31H18Cl2F7N3O3S/c32-19-10-5-11-20(33)18(19)13-21(42-29(45)15-6-2-1-3-7-15)30(46)41-16-8-4-9-17(12-16)47-14-22(44)43-28-26(36)24(34)23(31(38,39)40)25(35)27(28)37/h1-13H,14H2,(H,41,46)(H,42,45)(H,43,44)/b21-13+. The molecular weight excluding hydrogens is 698 g/mol. The van der Waals surface area contributed by atoms with Crippen LogP contribution in [0.1, 0.15) is 21.5 Å². The zero-order valence-electron chi connectivity index (χ0n) is 23.2. The van der Waals surface area contributed by atoms with E-state index in [2.05, 4.69) is 10.6 Å². The zero-order chi connectivity index (χ0) is 34.5. The van der Waals surface area contributed by atoms with Gasteiger partial charge in [0.05, 0.1) is 5.75 Å². The van der Waals surface area contributed by atoms with Gasteiger partial charge in [-0.25, -0.2) is 17.6 Å². The molecule has 0 aliphatic carbocycles. The van der Waals surface area contributed by atoms with Crippen molar-refractivity contribution in [3.63, 3.8) is 0 Å². The van der Waals surface area contributed by atoms with Crippen LogP contribution >= 0.6 is 35.0 Å². The lowest BCUT2D eigenvalue weighted by molar-refractivity contribution is -0.143. The number of thioether (sulfide) groups is 1. The van der Waals surface area contributed by atoms with Gasteiger partial charge in [0.1, 0.15) is 16.9 Å². The summed E-state index contributed by atoms with van der Waals surface area (Å²) in [7, 11) is 0. The number of carbonyl (C=O) groups is 3. The first-order valence-electron chi connectivity index (χ1n) is 13.0. The molecule has 0 fully saturated rings. The topological polar surface area (TPSA) is 87.3 Å². The summed E-state index contributed by atoms with van der Waals surface area (Å²) in [6, 6.07) is 18.4. The average molecular weight is 716 g/mol. The molecule has 0 spiro atoms. The number of carbonyl (C=O) groups excluding carboxylic acids is 3. The summed E-state index contributed by atoms with van der Waals surface area (Å²) in [5.41, 5.74) is -4.10.